The van der Waals surface area contributed by atoms with Crippen molar-refractivity contribution in [2.45, 2.75) is 71.0 Å². The van der Waals surface area contributed by atoms with Crippen LogP contribution in [-0.2, 0) is 9.47 Å². The molecule has 108 valence electrons. The molecule has 0 aromatic heterocycles. The quantitative estimate of drug-likeness (QED) is 0.577. The van der Waals surface area contributed by atoms with Crippen molar-refractivity contribution in [2.24, 2.45) is 0 Å². The fourth-order valence-electron chi connectivity index (χ4n) is 2.30. The lowest BCUT2D eigenvalue weighted by atomic mass is 10.2. The molecule has 1 fully saturated rings. The Hall–Kier alpha value is -0.120. The molecule has 1 aliphatic heterocycles. The van der Waals surface area contributed by atoms with Gasteiger partial charge < -0.3 is 14.8 Å². The monoisotopic (exact) mass is 257 g/mol. The van der Waals surface area contributed by atoms with Crippen molar-refractivity contribution in [1.82, 2.24) is 5.32 Å². The van der Waals surface area contributed by atoms with Crippen molar-refractivity contribution >= 4 is 0 Å². The van der Waals surface area contributed by atoms with Crippen LogP contribution < -0.4 is 5.32 Å². The molecule has 1 rings (SSSR count). The van der Waals surface area contributed by atoms with Gasteiger partial charge in [0.15, 0.2) is 0 Å². The Morgan fingerprint density at radius 3 is 2.83 bits per heavy atom. The summed E-state index contributed by atoms with van der Waals surface area (Å²) in [7, 11) is 0. The molecule has 0 aromatic rings. The Kier molecular flexibility index (Phi) is 9.54. The molecular weight excluding hydrogens is 226 g/mol. The van der Waals surface area contributed by atoms with E-state index in [2.05, 4.69) is 19.2 Å². The van der Waals surface area contributed by atoms with Crippen LogP contribution in [0.1, 0.15) is 58.8 Å². The van der Waals surface area contributed by atoms with Gasteiger partial charge in [-0.2, -0.15) is 0 Å². The van der Waals surface area contributed by atoms with Crippen LogP contribution in [0.5, 0.6) is 0 Å². The van der Waals surface area contributed by atoms with E-state index in [9.17, 15) is 0 Å². The van der Waals surface area contributed by atoms with Gasteiger partial charge in [-0.15, -0.1) is 0 Å². The second-order valence-electron chi connectivity index (χ2n) is 5.39. The standard InChI is InChI=1S/C15H31NO2/c1-3-4-5-6-7-10-17-14(2)12-16-13-15-9-8-11-18-15/h14-16H,3-13H2,1-2H3. The molecule has 0 bridgehead atoms. The van der Waals surface area contributed by atoms with E-state index < -0.39 is 0 Å². The van der Waals surface area contributed by atoms with Crippen molar-refractivity contribution in [2.75, 3.05) is 26.3 Å². The molecule has 0 aromatic carbocycles. The molecule has 1 saturated heterocycles. The predicted molar refractivity (Wildman–Crippen MR) is 76.0 cm³/mol. The molecule has 1 N–H and O–H groups in total. The molecular formula is C15H31NO2. The van der Waals surface area contributed by atoms with E-state index in [0.29, 0.717) is 12.2 Å². The van der Waals surface area contributed by atoms with Crippen LogP contribution in [0.3, 0.4) is 0 Å². The highest BCUT2D eigenvalue weighted by molar-refractivity contribution is 4.68. The molecule has 1 heterocycles. The third kappa shape index (κ3) is 8.06. The first kappa shape index (κ1) is 15.9. The van der Waals surface area contributed by atoms with Gasteiger partial charge in [-0.1, -0.05) is 32.6 Å². The maximum atomic E-state index is 5.78. The highest BCUT2D eigenvalue weighted by Crippen LogP contribution is 2.10. The van der Waals surface area contributed by atoms with Crippen LogP contribution in [0.25, 0.3) is 0 Å². The van der Waals surface area contributed by atoms with Gasteiger partial charge in [-0.25, -0.2) is 0 Å². The van der Waals surface area contributed by atoms with Crippen LogP contribution in [0.15, 0.2) is 0 Å². The molecule has 2 unspecified atom stereocenters. The summed E-state index contributed by atoms with van der Waals surface area (Å²) in [6, 6.07) is 0. The summed E-state index contributed by atoms with van der Waals surface area (Å²) < 4.78 is 11.4. The van der Waals surface area contributed by atoms with E-state index in [1.165, 1.54) is 44.9 Å². The highest BCUT2D eigenvalue weighted by atomic mass is 16.5. The molecule has 18 heavy (non-hydrogen) atoms. The molecule has 0 amide bonds. The lowest BCUT2D eigenvalue weighted by Crippen LogP contribution is -2.33. The molecule has 0 spiro atoms. The summed E-state index contributed by atoms with van der Waals surface area (Å²) in [5.41, 5.74) is 0. The third-order valence-electron chi connectivity index (χ3n) is 3.48. The molecule has 0 saturated carbocycles. The van der Waals surface area contributed by atoms with Crippen LogP contribution >= 0.6 is 0 Å². The lowest BCUT2D eigenvalue weighted by molar-refractivity contribution is 0.0574. The SMILES string of the molecule is CCCCCCCOC(C)CNCC1CCCO1. The summed E-state index contributed by atoms with van der Waals surface area (Å²) in [5, 5.41) is 3.44. The summed E-state index contributed by atoms with van der Waals surface area (Å²) in [5.74, 6) is 0. The average Bonchev–Trinajstić information content (AvgIpc) is 2.87. The van der Waals surface area contributed by atoms with Crippen molar-refractivity contribution in [3.8, 4) is 0 Å². The van der Waals surface area contributed by atoms with E-state index in [-0.39, 0.29) is 0 Å². The zero-order valence-corrected chi connectivity index (χ0v) is 12.2. The third-order valence-corrected chi connectivity index (χ3v) is 3.48. The van der Waals surface area contributed by atoms with Crippen molar-refractivity contribution < 1.29 is 9.47 Å². The Morgan fingerprint density at radius 2 is 2.11 bits per heavy atom. The zero-order chi connectivity index (χ0) is 13.1. The Bertz CT molecular complexity index is 181. The predicted octanol–water partition coefficient (Wildman–Crippen LogP) is 3.13. The van der Waals surface area contributed by atoms with Crippen LogP contribution in [0, 0.1) is 0 Å². The number of ether oxygens (including phenoxy) is 2. The Morgan fingerprint density at radius 1 is 1.28 bits per heavy atom. The minimum absolute atomic E-state index is 0.317. The van der Waals surface area contributed by atoms with Crippen LogP contribution in [0.2, 0.25) is 0 Å². The van der Waals surface area contributed by atoms with Gasteiger partial charge in [0.05, 0.1) is 12.2 Å². The second kappa shape index (κ2) is 10.8. The minimum Gasteiger partial charge on any atom is -0.377 e. The Labute approximate surface area is 113 Å². The Balaban J connectivity index is 1.82. The first-order valence-electron chi connectivity index (χ1n) is 7.77. The van der Waals surface area contributed by atoms with E-state index in [4.69, 9.17) is 9.47 Å². The number of hydrogen-bond donors (Lipinski definition) is 1. The van der Waals surface area contributed by atoms with E-state index in [1.807, 2.05) is 0 Å². The molecule has 0 radical (unpaired) electrons. The summed E-state index contributed by atoms with van der Waals surface area (Å²) in [6.07, 6.45) is 9.72. The van der Waals surface area contributed by atoms with Gasteiger partial charge in [-0.05, 0) is 26.2 Å². The minimum atomic E-state index is 0.317. The fourth-order valence-corrected chi connectivity index (χ4v) is 2.30. The van der Waals surface area contributed by atoms with Crippen molar-refractivity contribution in [3.63, 3.8) is 0 Å². The molecule has 0 aliphatic carbocycles. The zero-order valence-electron chi connectivity index (χ0n) is 12.2. The fraction of sp³-hybridized carbons (Fsp3) is 1.00. The van der Waals surface area contributed by atoms with Gasteiger partial charge in [0.1, 0.15) is 0 Å². The van der Waals surface area contributed by atoms with Gasteiger partial charge in [0.2, 0.25) is 0 Å². The largest absolute Gasteiger partial charge is 0.377 e. The number of unbranched alkanes of at least 4 members (excludes halogenated alkanes) is 4. The van der Waals surface area contributed by atoms with Crippen molar-refractivity contribution in [3.05, 3.63) is 0 Å². The first-order chi connectivity index (χ1) is 8.83. The highest BCUT2D eigenvalue weighted by Gasteiger charge is 2.14. The van der Waals surface area contributed by atoms with Gasteiger partial charge in [0.25, 0.3) is 0 Å². The maximum absolute atomic E-state index is 5.78. The maximum Gasteiger partial charge on any atom is 0.0700 e. The smallest absolute Gasteiger partial charge is 0.0700 e. The van der Waals surface area contributed by atoms with Gasteiger partial charge in [-0.3, -0.25) is 0 Å². The molecule has 2 atom stereocenters. The van der Waals surface area contributed by atoms with Gasteiger partial charge in [0, 0.05) is 26.3 Å². The molecule has 3 heteroatoms. The summed E-state index contributed by atoms with van der Waals surface area (Å²) in [6.45, 7) is 8.16. The molecule has 3 nitrogen and oxygen atoms in total. The second-order valence-corrected chi connectivity index (χ2v) is 5.39. The number of nitrogens with one attached hydrogen (secondary N) is 1. The summed E-state index contributed by atoms with van der Waals surface area (Å²) in [4.78, 5) is 0. The van der Waals surface area contributed by atoms with Gasteiger partial charge >= 0.3 is 0 Å². The first-order valence-corrected chi connectivity index (χ1v) is 7.77. The van der Waals surface area contributed by atoms with Crippen molar-refractivity contribution in [1.29, 1.82) is 0 Å². The number of hydrogen-bond acceptors (Lipinski definition) is 3. The van der Waals surface area contributed by atoms with Crippen LogP contribution in [-0.4, -0.2) is 38.5 Å². The summed E-state index contributed by atoms with van der Waals surface area (Å²) >= 11 is 0. The van der Waals surface area contributed by atoms with E-state index >= 15 is 0 Å². The number of rotatable bonds is 11. The van der Waals surface area contributed by atoms with Crippen LogP contribution in [0.4, 0.5) is 0 Å². The molecule has 1 aliphatic rings. The van der Waals surface area contributed by atoms with E-state index in [0.717, 1.165) is 26.3 Å². The average molecular weight is 257 g/mol. The van der Waals surface area contributed by atoms with E-state index in [1.54, 1.807) is 0 Å². The normalized spacial score (nSPS) is 21.3. The lowest BCUT2D eigenvalue weighted by Gasteiger charge is -2.16. The topological polar surface area (TPSA) is 30.5 Å².